The van der Waals surface area contributed by atoms with Crippen LogP contribution in [0, 0.1) is 13.8 Å². The number of nitrogens with zero attached hydrogens (tertiary/aromatic N) is 2. The summed E-state index contributed by atoms with van der Waals surface area (Å²) in [5.41, 5.74) is 5.19. The summed E-state index contributed by atoms with van der Waals surface area (Å²) in [5.74, 6) is -0.282. The van der Waals surface area contributed by atoms with E-state index in [4.69, 9.17) is 9.47 Å². The van der Waals surface area contributed by atoms with E-state index in [0.29, 0.717) is 23.5 Å². The van der Waals surface area contributed by atoms with Crippen LogP contribution in [0.5, 0.6) is 5.75 Å². The first-order valence-corrected chi connectivity index (χ1v) is 13.5. The summed E-state index contributed by atoms with van der Waals surface area (Å²) >= 11 is 0. The molecule has 0 saturated carbocycles. The van der Waals surface area contributed by atoms with Crippen molar-refractivity contribution in [1.29, 1.82) is 0 Å². The summed E-state index contributed by atoms with van der Waals surface area (Å²) in [7, 11) is -3.68. The maximum Gasteiger partial charge on any atom is 0.260 e. The maximum atomic E-state index is 12.4. The third-order valence-electron chi connectivity index (χ3n) is 5.74. The van der Waals surface area contributed by atoms with E-state index in [1.54, 1.807) is 36.4 Å². The van der Waals surface area contributed by atoms with Crippen molar-refractivity contribution in [3.63, 3.8) is 0 Å². The van der Waals surface area contributed by atoms with Gasteiger partial charge < -0.3 is 14.8 Å². The standard InChI is InChI=1S/C25H32N4O6S/c1-18-6-4-8-23(19(18)2)29(36(3,32)33)16-24(30)28-27-14-20-9-11-21(12-10-20)35-17-25(31)26-15-22-7-5-13-34-22/h4,6,8-12,14,22H,5,7,13,15-17H2,1-3H3,(H,26,31)(H,28,30)/b27-14-/t22-/m0/s1. The molecule has 2 aromatic rings. The van der Waals surface area contributed by atoms with Crippen LogP contribution in [0.15, 0.2) is 47.6 Å². The number of amides is 2. The van der Waals surface area contributed by atoms with Crippen LogP contribution in [0.2, 0.25) is 0 Å². The normalized spacial score (nSPS) is 15.6. The van der Waals surface area contributed by atoms with Gasteiger partial charge in [-0.3, -0.25) is 13.9 Å². The van der Waals surface area contributed by atoms with Crippen LogP contribution in [-0.2, 0) is 24.3 Å². The van der Waals surface area contributed by atoms with Gasteiger partial charge in [0.25, 0.3) is 11.8 Å². The molecule has 1 fully saturated rings. The minimum Gasteiger partial charge on any atom is -0.484 e. The summed E-state index contributed by atoms with van der Waals surface area (Å²) < 4.78 is 36.6. The van der Waals surface area contributed by atoms with Crippen LogP contribution in [-0.4, -0.2) is 65.1 Å². The van der Waals surface area contributed by atoms with Crippen molar-refractivity contribution in [2.75, 3.05) is 36.9 Å². The summed E-state index contributed by atoms with van der Waals surface area (Å²) in [6, 6.07) is 12.1. The van der Waals surface area contributed by atoms with Gasteiger partial charge in [-0.05, 0) is 73.7 Å². The van der Waals surface area contributed by atoms with Crippen molar-refractivity contribution in [2.24, 2.45) is 5.10 Å². The van der Waals surface area contributed by atoms with Crippen LogP contribution in [0.3, 0.4) is 0 Å². The SMILES string of the molecule is Cc1cccc(N(CC(=O)N/N=C\c2ccc(OCC(=O)NC[C@@H]3CCCO3)cc2)S(C)(=O)=O)c1C. The van der Waals surface area contributed by atoms with Gasteiger partial charge in [0.1, 0.15) is 12.3 Å². The molecule has 1 aliphatic rings. The lowest BCUT2D eigenvalue weighted by Gasteiger charge is -2.23. The first-order valence-electron chi connectivity index (χ1n) is 11.6. The van der Waals surface area contributed by atoms with Crippen molar-refractivity contribution in [3.8, 4) is 5.75 Å². The quantitative estimate of drug-likeness (QED) is 0.347. The predicted molar refractivity (Wildman–Crippen MR) is 138 cm³/mol. The Bertz CT molecular complexity index is 1190. The number of aryl methyl sites for hydroxylation is 1. The molecule has 1 aliphatic heterocycles. The highest BCUT2D eigenvalue weighted by molar-refractivity contribution is 7.92. The van der Waals surface area contributed by atoms with Crippen molar-refractivity contribution in [2.45, 2.75) is 32.8 Å². The van der Waals surface area contributed by atoms with E-state index in [9.17, 15) is 18.0 Å². The van der Waals surface area contributed by atoms with E-state index in [0.717, 1.165) is 41.1 Å². The van der Waals surface area contributed by atoms with Gasteiger partial charge in [-0.15, -0.1) is 0 Å². The second-order valence-corrected chi connectivity index (χ2v) is 10.5. The molecule has 1 saturated heterocycles. The summed E-state index contributed by atoms with van der Waals surface area (Å²) in [5, 5.41) is 6.71. The molecular formula is C25H32N4O6S. The van der Waals surface area contributed by atoms with E-state index in [1.807, 2.05) is 19.9 Å². The monoisotopic (exact) mass is 516 g/mol. The third-order valence-corrected chi connectivity index (χ3v) is 6.86. The first kappa shape index (κ1) is 27.2. The molecule has 0 unspecified atom stereocenters. The lowest BCUT2D eigenvalue weighted by Crippen LogP contribution is -2.39. The van der Waals surface area contributed by atoms with Gasteiger partial charge in [0.05, 0.1) is 24.3 Å². The summed E-state index contributed by atoms with van der Waals surface area (Å²) in [6.45, 7) is 4.40. The van der Waals surface area contributed by atoms with Crippen LogP contribution in [0.4, 0.5) is 5.69 Å². The molecule has 1 atom stereocenters. The Morgan fingerprint density at radius 1 is 1.17 bits per heavy atom. The van der Waals surface area contributed by atoms with Crippen LogP contribution in [0.25, 0.3) is 0 Å². The second-order valence-electron chi connectivity index (χ2n) is 8.58. The van der Waals surface area contributed by atoms with Crippen molar-refractivity contribution in [3.05, 3.63) is 59.2 Å². The van der Waals surface area contributed by atoms with Crippen LogP contribution in [0.1, 0.15) is 29.5 Å². The fraction of sp³-hybridized carbons (Fsp3) is 0.400. The number of carbonyl (C=O) groups is 2. The van der Waals surface area contributed by atoms with Gasteiger partial charge in [0.15, 0.2) is 6.61 Å². The van der Waals surface area contributed by atoms with E-state index in [-0.39, 0.29) is 18.6 Å². The number of rotatable bonds is 11. The van der Waals surface area contributed by atoms with Crippen LogP contribution < -0.4 is 19.8 Å². The zero-order chi connectivity index (χ0) is 26.1. The predicted octanol–water partition coefficient (Wildman–Crippen LogP) is 1.89. The molecule has 0 spiro atoms. The Morgan fingerprint density at radius 3 is 2.58 bits per heavy atom. The Kier molecular flexibility index (Phi) is 9.43. The largest absolute Gasteiger partial charge is 0.484 e. The van der Waals surface area contributed by atoms with E-state index >= 15 is 0 Å². The molecule has 11 heteroatoms. The number of nitrogens with one attached hydrogen (secondary N) is 2. The number of anilines is 1. The van der Waals surface area contributed by atoms with Crippen molar-refractivity contribution in [1.82, 2.24) is 10.7 Å². The molecule has 36 heavy (non-hydrogen) atoms. The Balaban J connectivity index is 1.48. The highest BCUT2D eigenvalue weighted by Crippen LogP contribution is 2.24. The second kappa shape index (κ2) is 12.5. The average Bonchev–Trinajstić information content (AvgIpc) is 3.36. The van der Waals surface area contributed by atoms with Crippen molar-refractivity contribution >= 4 is 33.7 Å². The molecule has 194 valence electrons. The zero-order valence-corrected chi connectivity index (χ0v) is 21.5. The smallest absolute Gasteiger partial charge is 0.260 e. The molecular weight excluding hydrogens is 484 g/mol. The minimum atomic E-state index is -3.68. The van der Waals surface area contributed by atoms with E-state index in [1.165, 1.54) is 6.21 Å². The number of benzene rings is 2. The lowest BCUT2D eigenvalue weighted by molar-refractivity contribution is -0.123. The number of sulfonamides is 1. The van der Waals surface area contributed by atoms with Gasteiger partial charge in [-0.25, -0.2) is 13.8 Å². The van der Waals surface area contributed by atoms with Gasteiger partial charge in [0, 0.05) is 13.2 Å². The van der Waals surface area contributed by atoms with Gasteiger partial charge in [-0.1, -0.05) is 12.1 Å². The molecule has 0 aromatic heterocycles. The summed E-state index contributed by atoms with van der Waals surface area (Å²) in [6.07, 6.45) is 4.53. The lowest BCUT2D eigenvalue weighted by atomic mass is 10.1. The molecule has 2 aromatic carbocycles. The fourth-order valence-corrected chi connectivity index (χ4v) is 4.52. The van der Waals surface area contributed by atoms with E-state index in [2.05, 4.69) is 15.8 Å². The van der Waals surface area contributed by atoms with Gasteiger partial charge >= 0.3 is 0 Å². The number of hydrogen-bond acceptors (Lipinski definition) is 7. The topological polar surface area (TPSA) is 126 Å². The Labute approximate surface area is 211 Å². The van der Waals surface area contributed by atoms with Gasteiger partial charge in [-0.2, -0.15) is 5.10 Å². The number of hydrazone groups is 1. The third kappa shape index (κ3) is 8.06. The minimum absolute atomic E-state index is 0.0779. The molecule has 0 bridgehead atoms. The Hall–Kier alpha value is -3.44. The van der Waals surface area contributed by atoms with E-state index < -0.39 is 22.5 Å². The molecule has 1 heterocycles. The summed E-state index contributed by atoms with van der Waals surface area (Å²) in [4.78, 5) is 24.3. The zero-order valence-electron chi connectivity index (χ0n) is 20.7. The number of ether oxygens (including phenoxy) is 2. The average molecular weight is 517 g/mol. The molecule has 0 aliphatic carbocycles. The maximum absolute atomic E-state index is 12.4. The van der Waals surface area contributed by atoms with Crippen molar-refractivity contribution < 1.29 is 27.5 Å². The molecule has 10 nitrogen and oxygen atoms in total. The number of hydrogen-bond donors (Lipinski definition) is 2. The highest BCUT2D eigenvalue weighted by atomic mass is 32.2. The highest BCUT2D eigenvalue weighted by Gasteiger charge is 2.22. The van der Waals surface area contributed by atoms with Crippen LogP contribution >= 0.6 is 0 Å². The molecule has 2 amide bonds. The molecule has 3 rings (SSSR count). The molecule has 2 N–H and O–H groups in total. The Morgan fingerprint density at radius 2 is 1.92 bits per heavy atom. The van der Waals surface area contributed by atoms with Gasteiger partial charge in [0.2, 0.25) is 10.0 Å². The number of carbonyl (C=O) groups excluding carboxylic acids is 2. The molecule has 0 radical (unpaired) electrons. The first-order chi connectivity index (χ1) is 17.1. The fourth-order valence-electron chi connectivity index (χ4n) is 3.61.